The Hall–Kier alpha value is -2.14. The Bertz CT molecular complexity index is 689. The summed E-state index contributed by atoms with van der Waals surface area (Å²) in [7, 11) is 0. The highest BCUT2D eigenvalue weighted by Crippen LogP contribution is 2.28. The molecule has 23 heavy (non-hydrogen) atoms. The molecule has 1 aromatic carbocycles. The number of rotatable bonds is 4. The Balaban J connectivity index is 1.68. The van der Waals surface area contributed by atoms with Crippen LogP contribution < -0.4 is 11.1 Å². The fourth-order valence-corrected chi connectivity index (χ4v) is 3.10. The van der Waals surface area contributed by atoms with E-state index < -0.39 is 0 Å². The second kappa shape index (κ2) is 6.54. The number of aryl methyl sites for hydroxylation is 2. The summed E-state index contributed by atoms with van der Waals surface area (Å²) in [6, 6.07) is 7.73. The molecular weight excluding hydrogens is 290 g/mol. The highest BCUT2D eigenvalue weighted by atomic mass is 16.4. The molecule has 0 radical (unpaired) electrons. The molecule has 1 amide bonds. The Kier molecular flexibility index (Phi) is 4.48. The van der Waals surface area contributed by atoms with Gasteiger partial charge in [0, 0.05) is 23.7 Å². The molecule has 1 saturated carbocycles. The molecular formula is C18H23N3O2. The Labute approximate surface area is 136 Å². The van der Waals surface area contributed by atoms with E-state index in [4.69, 9.17) is 10.2 Å². The van der Waals surface area contributed by atoms with E-state index in [0.717, 1.165) is 42.0 Å². The number of aromatic nitrogens is 1. The summed E-state index contributed by atoms with van der Waals surface area (Å²) in [5, 5.41) is 2.96. The van der Waals surface area contributed by atoms with E-state index in [1.165, 1.54) is 0 Å². The third-order valence-corrected chi connectivity index (χ3v) is 4.59. The number of carbonyl (C=O) groups is 1. The Morgan fingerprint density at radius 2 is 2.22 bits per heavy atom. The van der Waals surface area contributed by atoms with Crippen molar-refractivity contribution in [3.05, 3.63) is 35.7 Å². The van der Waals surface area contributed by atoms with E-state index in [-0.39, 0.29) is 11.9 Å². The van der Waals surface area contributed by atoms with Gasteiger partial charge in [-0.1, -0.05) is 12.5 Å². The molecule has 1 heterocycles. The zero-order chi connectivity index (χ0) is 16.4. The van der Waals surface area contributed by atoms with Crippen molar-refractivity contribution in [2.75, 3.05) is 5.32 Å². The quantitative estimate of drug-likeness (QED) is 0.906. The molecule has 5 heteroatoms. The number of hydrogen-bond donors (Lipinski definition) is 2. The van der Waals surface area contributed by atoms with Gasteiger partial charge in [0.2, 0.25) is 11.8 Å². The number of nitrogens with one attached hydrogen (secondary N) is 1. The topological polar surface area (TPSA) is 81.2 Å². The van der Waals surface area contributed by atoms with Gasteiger partial charge >= 0.3 is 0 Å². The SMILES string of the molecule is Cc1nc(-c2cccc(NC(=O)C[C@@H]3CCC[C@H]3N)c2)oc1C. The largest absolute Gasteiger partial charge is 0.441 e. The second-order valence-electron chi connectivity index (χ2n) is 6.35. The molecule has 1 aromatic heterocycles. The van der Waals surface area contributed by atoms with Gasteiger partial charge in [0.1, 0.15) is 5.76 Å². The minimum atomic E-state index is 0.0178. The number of hydrogen-bond acceptors (Lipinski definition) is 4. The highest BCUT2D eigenvalue weighted by Gasteiger charge is 2.26. The van der Waals surface area contributed by atoms with Crippen molar-refractivity contribution in [3.8, 4) is 11.5 Å². The standard InChI is InChI=1S/C18H23N3O2/c1-11-12(2)23-18(20-11)14-6-3-7-15(9-14)21-17(22)10-13-5-4-8-16(13)19/h3,6-7,9,13,16H,4-5,8,10,19H2,1-2H3,(H,21,22)/t13-,16+/m0/s1. The summed E-state index contributed by atoms with van der Waals surface area (Å²) >= 11 is 0. The molecule has 0 aliphatic heterocycles. The van der Waals surface area contributed by atoms with Crippen molar-refractivity contribution in [3.63, 3.8) is 0 Å². The van der Waals surface area contributed by atoms with Crippen LogP contribution in [-0.2, 0) is 4.79 Å². The first kappa shape index (κ1) is 15.7. The van der Waals surface area contributed by atoms with Gasteiger partial charge in [0.25, 0.3) is 0 Å². The summed E-state index contributed by atoms with van der Waals surface area (Å²) in [6.07, 6.45) is 3.68. The van der Waals surface area contributed by atoms with E-state index in [0.29, 0.717) is 18.2 Å². The summed E-state index contributed by atoms with van der Waals surface area (Å²) in [5.74, 6) is 1.71. The van der Waals surface area contributed by atoms with E-state index in [9.17, 15) is 4.79 Å². The lowest BCUT2D eigenvalue weighted by molar-refractivity contribution is -0.117. The highest BCUT2D eigenvalue weighted by molar-refractivity contribution is 5.91. The molecule has 1 fully saturated rings. The lowest BCUT2D eigenvalue weighted by Gasteiger charge is -2.14. The Morgan fingerprint density at radius 3 is 2.87 bits per heavy atom. The van der Waals surface area contributed by atoms with Crippen LogP contribution in [-0.4, -0.2) is 16.9 Å². The number of amides is 1. The molecule has 1 aliphatic rings. The van der Waals surface area contributed by atoms with Crippen LogP contribution >= 0.6 is 0 Å². The van der Waals surface area contributed by atoms with Crippen LogP contribution in [0.5, 0.6) is 0 Å². The zero-order valence-corrected chi connectivity index (χ0v) is 13.6. The van der Waals surface area contributed by atoms with Gasteiger partial charge in [0.05, 0.1) is 5.69 Å². The smallest absolute Gasteiger partial charge is 0.226 e. The van der Waals surface area contributed by atoms with Crippen molar-refractivity contribution in [2.24, 2.45) is 11.7 Å². The molecule has 122 valence electrons. The average Bonchev–Trinajstić information content (AvgIpc) is 3.06. The molecule has 2 aromatic rings. The summed E-state index contributed by atoms with van der Waals surface area (Å²) in [5.41, 5.74) is 8.53. The van der Waals surface area contributed by atoms with Crippen LogP contribution in [0, 0.1) is 19.8 Å². The van der Waals surface area contributed by atoms with E-state index in [1.54, 1.807) is 0 Å². The summed E-state index contributed by atoms with van der Waals surface area (Å²) < 4.78 is 5.64. The van der Waals surface area contributed by atoms with Crippen LogP contribution in [0.15, 0.2) is 28.7 Å². The van der Waals surface area contributed by atoms with Crippen molar-refractivity contribution in [1.29, 1.82) is 0 Å². The zero-order valence-electron chi connectivity index (χ0n) is 13.6. The van der Waals surface area contributed by atoms with Gasteiger partial charge in [-0.2, -0.15) is 0 Å². The van der Waals surface area contributed by atoms with Crippen LogP contribution in [0.3, 0.4) is 0 Å². The maximum Gasteiger partial charge on any atom is 0.226 e. The van der Waals surface area contributed by atoms with Crippen LogP contribution in [0.2, 0.25) is 0 Å². The van der Waals surface area contributed by atoms with E-state index in [1.807, 2.05) is 38.1 Å². The lowest BCUT2D eigenvalue weighted by Crippen LogP contribution is -2.28. The number of anilines is 1. The van der Waals surface area contributed by atoms with Gasteiger partial charge in [-0.3, -0.25) is 4.79 Å². The molecule has 0 bridgehead atoms. The van der Waals surface area contributed by atoms with E-state index >= 15 is 0 Å². The van der Waals surface area contributed by atoms with Crippen LogP contribution in [0.1, 0.15) is 37.1 Å². The molecule has 0 unspecified atom stereocenters. The van der Waals surface area contributed by atoms with Gasteiger partial charge in [-0.05, 0) is 50.8 Å². The second-order valence-corrected chi connectivity index (χ2v) is 6.35. The van der Waals surface area contributed by atoms with Gasteiger partial charge in [-0.25, -0.2) is 4.98 Å². The predicted octanol–water partition coefficient (Wildman–Crippen LogP) is 3.41. The van der Waals surface area contributed by atoms with Gasteiger partial charge in [0.15, 0.2) is 0 Å². The van der Waals surface area contributed by atoms with Crippen LogP contribution in [0.4, 0.5) is 5.69 Å². The Morgan fingerprint density at radius 1 is 1.39 bits per heavy atom. The third-order valence-electron chi connectivity index (χ3n) is 4.59. The maximum absolute atomic E-state index is 12.2. The van der Waals surface area contributed by atoms with Crippen molar-refractivity contribution >= 4 is 11.6 Å². The van der Waals surface area contributed by atoms with Crippen molar-refractivity contribution in [2.45, 2.75) is 45.6 Å². The van der Waals surface area contributed by atoms with Gasteiger partial charge < -0.3 is 15.5 Å². The predicted molar refractivity (Wildman–Crippen MR) is 90.0 cm³/mol. The minimum absolute atomic E-state index is 0.0178. The molecule has 0 spiro atoms. The number of nitrogens with zero attached hydrogens (tertiary/aromatic N) is 1. The number of benzene rings is 1. The molecule has 5 nitrogen and oxygen atoms in total. The number of carbonyl (C=O) groups excluding carboxylic acids is 1. The molecule has 1 aliphatic carbocycles. The molecule has 2 atom stereocenters. The number of oxazole rings is 1. The minimum Gasteiger partial charge on any atom is -0.441 e. The third kappa shape index (κ3) is 3.62. The lowest BCUT2D eigenvalue weighted by atomic mass is 10.00. The molecule has 0 saturated heterocycles. The fourth-order valence-electron chi connectivity index (χ4n) is 3.10. The van der Waals surface area contributed by atoms with Gasteiger partial charge in [-0.15, -0.1) is 0 Å². The molecule has 3 N–H and O–H groups in total. The normalized spacial score (nSPS) is 20.7. The van der Waals surface area contributed by atoms with Crippen LogP contribution in [0.25, 0.3) is 11.5 Å². The summed E-state index contributed by atoms with van der Waals surface area (Å²) in [4.78, 5) is 16.6. The fraction of sp³-hybridized carbons (Fsp3) is 0.444. The molecule has 3 rings (SSSR count). The van der Waals surface area contributed by atoms with Crippen molar-refractivity contribution in [1.82, 2.24) is 4.98 Å². The first-order valence-electron chi connectivity index (χ1n) is 8.13. The summed E-state index contributed by atoms with van der Waals surface area (Å²) in [6.45, 7) is 3.81. The maximum atomic E-state index is 12.2. The number of nitrogens with two attached hydrogens (primary N) is 1. The van der Waals surface area contributed by atoms with E-state index in [2.05, 4.69) is 10.3 Å². The first-order valence-corrected chi connectivity index (χ1v) is 8.13. The monoisotopic (exact) mass is 313 g/mol. The van der Waals surface area contributed by atoms with Crippen molar-refractivity contribution < 1.29 is 9.21 Å². The first-order chi connectivity index (χ1) is 11.0. The average molecular weight is 313 g/mol.